The summed E-state index contributed by atoms with van der Waals surface area (Å²) in [5.74, 6) is 6.08. The average Bonchev–Trinajstić information content (AvgIpc) is 3.20. The van der Waals surface area contributed by atoms with E-state index >= 15 is 0 Å². The molecule has 0 spiro atoms. The van der Waals surface area contributed by atoms with E-state index in [9.17, 15) is 12.8 Å². The first kappa shape index (κ1) is 19.7. The maximum absolute atomic E-state index is 13.1. The maximum atomic E-state index is 13.1. The number of anilines is 1. The minimum absolute atomic E-state index is 0.120. The molecule has 0 bridgehead atoms. The van der Waals surface area contributed by atoms with Gasteiger partial charge in [-0.1, -0.05) is 24.1 Å². The van der Waals surface area contributed by atoms with Crippen LogP contribution >= 0.6 is 0 Å². The van der Waals surface area contributed by atoms with Gasteiger partial charge < -0.3 is 4.98 Å². The highest BCUT2D eigenvalue weighted by Gasteiger charge is 2.24. The highest BCUT2D eigenvalue weighted by Crippen LogP contribution is 2.24. The molecular weight excluding hydrogens is 401 g/mol. The van der Waals surface area contributed by atoms with Crippen molar-refractivity contribution in [3.05, 3.63) is 90.3 Å². The Bertz CT molecular complexity index is 1290. The van der Waals surface area contributed by atoms with Crippen molar-refractivity contribution >= 4 is 26.7 Å². The molecule has 0 saturated heterocycles. The summed E-state index contributed by atoms with van der Waals surface area (Å²) >= 11 is 0. The highest BCUT2D eigenvalue weighted by atomic mass is 32.2. The predicted molar refractivity (Wildman–Crippen MR) is 115 cm³/mol. The van der Waals surface area contributed by atoms with Gasteiger partial charge in [-0.2, -0.15) is 0 Å². The smallest absolute Gasteiger partial charge is 0.264 e. The molecule has 0 aliphatic rings. The summed E-state index contributed by atoms with van der Waals surface area (Å²) in [5, 5.41) is 0. The third-order valence-corrected chi connectivity index (χ3v) is 6.35. The van der Waals surface area contributed by atoms with Crippen molar-refractivity contribution in [3.63, 3.8) is 0 Å². The monoisotopic (exact) mass is 419 g/mol. The van der Waals surface area contributed by atoms with Gasteiger partial charge in [-0.3, -0.25) is 9.29 Å². The first-order chi connectivity index (χ1) is 14.6. The number of benzene rings is 2. The van der Waals surface area contributed by atoms with Gasteiger partial charge in [-0.15, -0.1) is 0 Å². The largest absolute Gasteiger partial charge is 0.347 e. The van der Waals surface area contributed by atoms with E-state index in [0.717, 1.165) is 21.0 Å². The van der Waals surface area contributed by atoms with Gasteiger partial charge in [0, 0.05) is 11.8 Å². The lowest BCUT2D eigenvalue weighted by Gasteiger charge is -2.23. The van der Waals surface area contributed by atoms with Crippen LogP contribution in [0.3, 0.4) is 0 Å². The number of aromatic nitrogens is 2. The van der Waals surface area contributed by atoms with Gasteiger partial charge in [0.15, 0.2) is 0 Å². The van der Waals surface area contributed by atoms with Crippen molar-refractivity contribution in [3.8, 4) is 11.8 Å². The molecule has 0 atom stereocenters. The minimum atomic E-state index is -3.85. The van der Waals surface area contributed by atoms with Crippen LogP contribution in [-0.2, 0) is 10.0 Å². The number of pyridine rings is 1. The molecular formula is C23H18FN3O2S. The summed E-state index contributed by atoms with van der Waals surface area (Å²) in [6.07, 6.45) is 1.72. The summed E-state index contributed by atoms with van der Waals surface area (Å²) < 4.78 is 40.0. The molecule has 0 amide bonds. The second kappa shape index (κ2) is 8.39. The Morgan fingerprint density at radius 3 is 2.43 bits per heavy atom. The Labute approximate surface area is 174 Å². The molecule has 0 unspecified atom stereocenters. The highest BCUT2D eigenvalue weighted by molar-refractivity contribution is 7.92. The molecule has 5 nitrogen and oxygen atoms in total. The Kier molecular flexibility index (Phi) is 5.50. The van der Waals surface area contributed by atoms with Crippen LogP contribution in [0, 0.1) is 11.8 Å². The summed E-state index contributed by atoms with van der Waals surface area (Å²) in [7, 11) is -3.85. The fraction of sp³-hybridized carbons (Fsp3) is 0.0870. The minimum Gasteiger partial charge on any atom is -0.347 e. The predicted octanol–water partition coefficient (Wildman–Crippen LogP) is 4.13. The SMILES string of the molecule is O=S(=O)(c1ccccc1)N(CCF)c1ccc(C#Cc2cc3ncccc3[nH]2)cc1. The zero-order valence-electron chi connectivity index (χ0n) is 15.9. The normalized spacial score (nSPS) is 11.1. The van der Waals surface area contributed by atoms with Crippen molar-refractivity contribution in [1.29, 1.82) is 0 Å². The third kappa shape index (κ3) is 4.04. The van der Waals surface area contributed by atoms with Gasteiger partial charge >= 0.3 is 0 Å². The van der Waals surface area contributed by atoms with Gasteiger partial charge in [0.05, 0.1) is 33.9 Å². The van der Waals surface area contributed by atoms with E-state index < -0.39 is 16.7 Å². The van der Waals surface area contributed by atoms with Crippen molar-refractivity contribution in [1.82, 2.24) is 9.97 Å². The van der Waals surface area contributed by atoms with E-state index in [2.05, 4.69) is 21.8 Å². The van der Waals surface area contributed by atoms with Crippen LogP contribution < -0.4 is 4.31 Å². The lowest BCUT2D eigenvalue weighted by atomic mass is 10.2. The lowest BCUT2D eigenvalue weighted by molar-refractivity contribution is 0.499. The summed E-state index contributed by atoms with van der Waals surface area (Å²) in [4.78, 5) is 7.57. The molecule has 150 valence electrons. The van der Waals surface area contributed by atoms with E-state index in [4.69, 9.17) is 0 Å². The molecule has 1 N–H and O–H groups in total. The van der Waals surface area contributed by atoms with Crippen LogP contribution in [-0.4, -0.2) is 31.6 Å². The van der Waals surface area contributed by atoms with Crippen molar-refractivity contribution in [2.45, 2.75) is 4.90 Å². The average molecular weight is 419 g/mol. The second-order valence-corrected chi connectivity index (χ2v) is 8.36. The Morgan fingerprint density at radius 1 is 0.967 bits per heavy atom. The van der Waals surface area contributed by atoms with E-state index in [1.165, 1.54) is 12.1 Å². The Balaban J connectivity index is 1.60. The first-order valence-corrected chi connectivity index (χ1v) is 10.7. The van der Waals surface area contributed by atoms with Crippen LogP contribution in [0.4, 0.5) is 10.1 Å². The molecule has 0 fully saturated rings. The molecule has 7 heteroatoms. The molecule has 2 aromatic carbocycles. The van der Waals surface area contributed by atoms with Gasteiger partial charge in [0.25, 0.3) is 10.0 Å². The van der Waals surface area contributed by atoms with Crippen LogP contribution in [0.25, 0.3) is 11.0 Å². The van der Waals surface area contributed by atoms with E-state index in [1.54, 1.807) is 48.7 Å². The van der Waals surface area contributed by atoms with Gasteiger partial charge in [0.1, 0.15) is 6.67 Å². The third-order valence-electron chi connectivity index (χ3n) is 4.50. The number of sulfonamides is 1. The molecule has 0 saturated carbocycles. The number of aromatic amines is 1. The zero-order chi connectivity index (χ0) is 21.0. The van der Waals surface area contributed by atoms with E-state index in [0.29, 0.717) is 11.3 Å². The lowest BCUT2D eigenvalue weighted by Crippen LogP contribution is -2.32. The molecule has 2 aromatic heterocycles. The molecule has 30 heavy (non-hydrogen) atoms. The Hall–Kier alpha value is -3.63. The first-order valence-electron chi connectivity index (χ1n) is 9.27. The van der Waals surface area contributed by atoms with Gasteiger partial charge in [0.2, 0.25) is 0 Å². The van der Waals surface area contributed by atoms with Crippen LogP contribution in [0.2, 0.25) is 0 Å². The molecule has 4 rings (SSSR count). The van der Waals surface area contributed by atoms with Crippen LogP contribution in [0.15, 0.2) is 83.9 Å². The van der Waals surface area contributed by atoms with E-state index in [-0.39, 0.29) is 11.4 Å². The number of hydrogen-bond acceptors (Lipinski definition) is 3. The fourth-order valence-electron chi connectivity index (χ4n) is 3.06. The van der Waals surface area contributed by atoms with Crippen LogP contribution in [0.1, 0.15) is 11.3 Å². The van der Waals surface area contributed by atoms with Gasteiger partial charge in [-0.25, -0.2) is 12.8 Å². The number of fused-ring (bicyclic) bond motifs is 1. The molecule has 0 aliphatic carbocycles. The second-order valence-electron chi connectivity index (χ2n) is 6.50. The standard InChI is InChI=1S/C23H18FN3O2S/c24-14-16-27(30(28,29)21-5-2-1-3-6-21)20-12-9-18(10-13-20)8-11-19-17-23-22(26-19)7-4-15-25-23/h1-7,9-10,12-13,15,17,26H,14,16H2. The van der Waals surface area contributed by atoms with Crippen molar-refractivity contribution < 1.29 is 12.8 Å². The topological polar surface area (TPSA) is 66.1 Å². The van der Waals surface area contributed by atoms with Crippen LogP contribution in [0.5, 0.6) is 0 Å². The van der Waals surface area contributed by atoms with Crippen molar-refractivity contribution in [2.24, 2.45) is 0 Å². The number of nitrogens with one attached hydrogen (secondary N) is 1. The summed E-state index contributed by atoms with van der Waals surface area (Å²) in [6.45, 7) is -1.05. The molecule has 0 radical (unpaired) electrons. The number of H-pyrrole nitrogens is 1. The number of rotatable bonds is 5. The van der Waals surface area contributed by atoms with Gasteiger partial charge in [-0.05, 0) is 60.5 Å². The van der Waals surface area contributed by atoms with Crippen molar-refractivity contribution in [2.75, 3.05) is 17.5 Å². The molecule has 2 heterocycles. The molecule has 0 aliphatic heterocycles. The Morgan fingerprint density at radius 2 is 1.73 bits per heavy atom. The number of hydrogen-bond donors (Lipinski definition) is 1. The zero-order valence-corrected chi connectivity index (χ0v) is 16.7. The van der Waals surface area contributed by atoms with E-state index in [1.807, 2.05) is 18.2 Å². The molecule has 4 aromatic rings. The number of halogens is 1. The number of nitrogens with zero attached hydrogens (tertiary/aromatic N) is 2. The quantitative estimate of drug-likeness (QED) is 0.495. The summed E-state index contributed by atoms with van der Waals surface area (Å²) in [5.41, 5.74) is 3.58. The number of alkyl halides is 1. The fourth-order valence-corrected chi connectivity index (χ4v) is 4.52. The maximum Gasteiger partial charge on any atom is 0.264 e. The summed E-state index contributed by atoms with van der Waals surface area (Å²) in [6, 6.07) is 20.3.